The van der Waals surface area contributed by atoms with Gasteiger partial charge in [0.2, 0.25) is 0 Å². The molecule has 6 rings (SSSR count). The highest BCUT2D eigenvalue weighted by Crippen LogP contribution is 2.27. The summed E-state index contributed by atoms with van der Waals surface area (Å²) in [5.41, 5.74) is 6.81. The summed E-state index contributed by atoms with van der Waals surface area (Å²) in [6.07, 6.45) is 3.58. The quantitative estimate of drug-likeness (QED) is 0.425. The largest absolute Gasteiger partial charge is 0.413 e. The molecule has 0 saturated carbocycles. The van der Waals surface area contributed by atoms with Gasteiger partial charge in [-0.15, -0.1) is 10.2 Å². The van der Waals surface area contributed by atoms with Crippen molar-refractivity contribution < 1.29 is 4.42 Å². The molecule has 0 bridgehead atoms. The molecule has 1 aromatic carbocycles. The van der Waals surface area contributed by atoms with Gasteiger partial charge in [0.1, 0.15) is 5.69 Å². The first kappa shape index (κ1) is 18.4. The standard InChI is InChI=1S/C23H18N8O/c1-13-4-6-17-15(10-13)5-7-18(26-17)22-27-28-23(32-22)19-11-21-24-9-8-20(31(21)29-19)16-12-25-30(3)14(16)2/h4-12H,1-3H3. The zero-order valence-corrected chi connectivity index (χ0v) is 17.7. The van der Waals surface area contributed by atoms with Gasteiger partial charge in [-0.05, 0) is 38.1 Å². The number of rotatable bonds is 3. The molecule has 0 amide bonds. The number of pyridine rings is 1. The van der Waals surface area contributed by atoms with Gasteiger partial charge in [-0.3, -0.25) is 4.68 Å². The van der Waals surface area contributed by atoms with E-state index in [4.69, 9.17) is 4.42 Å². The third-order valence-electron chi connectivity index (χ3n) is 5.58. The lowest BCUT2D eigenvalue weighted by Gasteiger charge is -2.03. The van der Waals surface area contributed by atoms with Crippen LogP contribution in [0.1, 0.15) is 11.3 Å². The monoisotopic (exact) mass is 422 g/mol. The van der Waals surface area contributed by atoms with Crippen LogP contribution in [0.25, 0.3) is 51.0 Å². The molecule has 0 atom stereocenters. The molecule has 9 heteroatoms. The summed E-state index contributed by atoms with van der Waals surface area (Å²) in [4.78, 5) is 9.09. The Morgan fingerprint density at radius 1 is 0.906 bits per heavy atom. The number of aryl methyl sites for hydroxylation is 2. The number of aromatic nitrogens is 8. The summed E-state index contributed by atoms with van der Waals surface area (Å²) >= 11 is 0. The Hall–Kier alpha value is -4.40. The first-order chi connectivity index (χ1) is 15.6. The predicted octanol–water partition coefficient (Wildman–Crippen LogP) is 4.01. The highest BCUT2D eigenvalue weighted by molar-refractivity contribution is 5.81. The molecule has 9 nitrogen and oxygen atoms in total. The second kappa shape index (κ2) is 6.81. The normalized spacial score (nSPS) is 11.6. The van der Waals surface area contributed by atoms with Gasteiger partial charge in [-0.2, -0.15) is 10.2 Å². The molecule has 32 heavy (non-hydrogen) atoms. The van der Waals surface area contributed by atoms with Crippen LogP contribution in [0.5, 0.6) is 0 Å². The van der Waals surface area contributed by atoms with Crippen LogP contribution in [0.15, 0.2) is 59.3 Å². The summed E-state index contributed by atoms with van der Waals surface area (Å²) in [5.74, 6) is 0.654. The molecule has 0 unspecified atom stereocenters. The van der Waals surface area contributed by atoms with Crippen molar-refractivity contribution >= 4 is 16.6 Å². The Balaban J connectivity index is 1.41. The average Bonchev–Trinajstić information content (AvgIpc) is 3.52. The maximum absolute atomic E-state index is 5.93. The molecule has 0 N–H and O–H groups in total. The molecular weight excluding hydrogens is 404 g/mol. The fourth-order valence-electron chi connectivity index (χ4n) is 3.75. The van der Waals surface area contributed by atoms with Crippen LogP contribution in [-0.4, -0.2) is 39.6 Å². The summed E-state index contributed by atoms with van der Waals surface area (Å²) in [6.45, 7) is 4.07. The Labute approximate surface area is 182 Å². The van der Waals surface area contributed by atoms with Crippen molar-refractivity contribution in [3.05, 3.63) is 66.1 Å². The van der Waals surface area contributed by atoms with E-state index < -0.39 is 0 Å². The van der Waals surface area contributed by atoms with Crippen LogP contribution < -0.4 is 0 Å². The van der Waals surface area contributed by atoms with E-state index in [9.17, 15) is 0 Å². The zero-order chi connectivity index (χ0) is 21.8. The van der Waals surface area contributed by atoms with E-state index in [1.54, 1.807) is 10.7 Å². The lowest BCUT2D eigenvalue weighted by molar-refractivity contribution is 0.579. The summed E-state index contributed by atoms with van der Waals surface area (Å²) in [5, 5.41) is 18.5. The van der Waals surface area contributed by atoms with Crippen molar-refractivity contribution in [1.82, 2.24) is 39.6 Å². The minimum atomic E-state index is 0.310. The number of nitrogens with zero attached hydrogens (tertiary/aromatic N) is 8. The van der Waals surface area contributed by atoms with E-state index in [0.29, 0.717) is 28.8 Å². The van der Waals surface area contributed by atoms with Gasteiger partial charge in [0.15, 0.2) is 11.3 Å². The Bertz CT molecular complexity index is 1620. The second-order valence-corrected chi connectivity index (χ2v) is 7.70. The maximum atomic E-state index is 5.93. The van der Waals surface area contributed by atoms with Crippen molar-refractivity contribution in [2.75, 3.05) is 0 Å². The van der Waals surface area contributed by atoms with Crippen LogP contribution in [-0.2, 0) is 7.05 Å². The Morgan fingerprint density at radius 2 is 1.75 bits per heavy atom. The van der Waals surface area contributed by atoms with Crippen molar-refractivity contribution in [3.63, 3.8) is 0 Å². The third kappa shape index (κ3) is 2.86. The molecule has 0 aliphatic rings. The van der Waals surface area contributed by atoms with Crippen LogP contribution >= 0.6 is 0 Å². The molecule has 156 valence electrons. The summed E-state index contributed by atoms with van der Waals surface area (Å²) < 4.78 is 9.52. The average molecular weight is 422 g/mol. The zero-order valence-electron chi connectivity index (χ0n) is 17.7. The van der Waals surface area contributed by atoms with E-state index >= 15 is 0 Å². The van der Waals surface area contributed by atoms with Crippen LogP contribution in [0.3, 0.4) is 0 Å². The van der Waals surface area contributed by atoms with E-state index in [0.717, 1.165) is 27.9 Å². The van der Waals surface area contributed by atoms with Gasteiger partial charge in [-0.1, -0.05) is 17.7 Å². The Kier molecular flexibility index (Phi) is 3.91. The van der Waals surface area contributed by atoms with E-state index in [2.05, 4.69) is 43.4 Å². The lowest BCUT2D eigenvalue weighted by atomic mass is 10.1. The van der Waals surface area contributed by atoms with E-state index in [-0.39, 0.29) is 0 Å². The molecule has 0 fully saturated rings. The topological polar surface area (TPSA) is 99.8 Å². The molecule has 0 saturated heterocycles. The number of fused-ring (bicyclic) bond motifs is 2. The summed E-state index contributed by atoms with van der Waals surface area (Å²) in [6, 6.07) is 13.7. The first-order valence-corrected chi connectivity index (χ1v) is 10.1. The molecule has 0 radical (unpaired) electrons. The second-order valence-electron chi connectivity index (χ2n) is 7.70. The molecule has 5 heterocycles. The molecule has 0 aliphatic carbocycles. The fraction of sp³-hybridized carbons (Fsp3) is 0.130. The Morgan fingerprint density at radius 3 is 2.56 bits per heavy atom. The smallest absolute Gasteiger partial charge is 0.268 e. The maximum Gasteiger partial charge on any atom is 0.268 e. The number of hydrogen-bond donors (Lipinski definition) is 0. The third-order valence-corrected chi connectivity index (χ3v) is 5.58. The van der Waals surface area contributed by atoms with Gasteiger partial charge < -0.3 is 4.42 Å². The van der Waals surface area contributed by atoms with Crippen LogP contribution in [0, 0.1) is 13.8 Å². The van der Waals surface area contributed by atoms with Gasteiger partial charge in [0.25, 0.3) is 11.8 Å². The number of hydrogen-bond acceptors (Lipinski definition) is 7. The van der Waals surface area contributed by atoms with Gasteiger partial charge in [0, 0.05) is 36.0 Å². The highest BCUT2D eigenvalue weighted by atomic mass is 16.4. The van der Waals surface area contributed by atoms with Crippen LogP contribution in [0.4, 0.5) is 0 Å². The molecule has 6 aromatic rings. The molecular formula is C23H18N8O. The molecule has 0 spiro atoms. The minimum absolute atomic E-state index is 0.310. The number of benzene rings is 1. The van der Waals surface area contributed by atoms with Crippen molar-refractivity contribution in [3.8, 4) is 34.4 Å². The van der Waals surface area contributed by atoms with Crippen molar-refractivity contribution in [1.29, 1.82) is 0 Å². The minimum Gasteiger partial charge on any atom is -0.413 e. The predicted molar refractivity (Wildman–Crippen MR) is 119 cm³/mol. The highest BCUT2D eigenvalue weighted by Gasteiger charge is 2.18. The first-order valence-electron chi connectivity index (χ1n) is 10.1. The molecule has 0 aliphatic heterocycles. The summed E-state index contributed by atoms with van der Waals surface area (Å²) in [7, 11) is 1.91. The van der Waals surface area contributed by atoms with Gasteiger partial charge in [-0.25, -0.2) is 14.5 Å². The van der Waals surface area contributed by atoms with Gasteiger partial charge >= 0.3 is 0 Å². The lowest BCUT2D eigenvalue weighted by Crippen LogP contribution is -1.97. The van der Waals surface area contributed by atoms with Crippen LogP contribution in [0.2, 0.25) is 0 Å². The van der Waals surface area contributed by atoms with E-state index in [1.807, 2.05) is 61.2 Å². The SMILES string of the molecule is Cc1ccc2nc(-c3nnc(-c4cc5nccc(-c6cnn(C)c6C)n5n4)o3)ccc2c1. The van der Waals surface area contributed by atoms with Crippen molar-refractivity contribution in [2.45, 2.75) is 13.8 Å². The fourth-order valence-corrected chi connectivity index (χ4v) is 3.75. The van der Waals surface area contributed by atoms with Crippen molar-refractivity contribution in [2.24, 2.45) is 7.05 Å². The van der Waals surface area contributed by atoms with Gasteiger partial charge in [0.05, 0.1) is 17.4 Å². The molecule has 5 aromatic heterocycles. The van der Waals surface area contributed by atoms with E-state index in [1.165, 1.54) is 5.56 Å².